The Morgan fingerprint density at radius 2 is 2.12 bits per heavy atom. The molecule has 1 saturated carbocycles. The third kappa shape index (κ3) is 3.38. The molecule has 1 fully saturated rings. The first-order chi connectivity index (χ1) is 8.24. The lowest BCUT2D eigenvalue weighted by Crippen LogP contribution is -2.35. The van der Waals surface area contributed by atoms with Gasteiger partial charge in [0, 0.05) is 17.5 Å². The van der Waals surface area contributed by atoms with Crippen molar-refractivity contribution in [1.29, 1.82) is 0 Å². The molecule has 3 heteroatoms. The van der Waals surface area contributed by atoms with Gasteiger partial charge in [0.2, 0.25) is 0 Å². The largest absolute Gasteiger partial charge is 0.369 e. The van der Waals surface area contributed by atoms with E-state index < -0.39 is 0 Å². The normalized spacial score (nSPS) is 18.9. The van der Waals surface area contributed by atoms with E-state index in [1.54, 1.807) is 0 Å². The van der Waals surface area contributed by atoms with E-state index in [-0.39, 0.29) is 0 Å². The second-order valence-electron chi connectivity index (χ2n) is 5.02. The zero-order valence-corrected chi connectivity index (χ0v) is 11.6. The first-order valence-electron chi connectivity index (χ1n) is 6.46. The van der Waals surface area contributed by atoms with Crippen molar-refractivity contribution in [2.45, 2.75) is 43.8 Å². The molecule has 1 N–H and O–H groups in total. The van der Waals surface area contributed by atoms with Crippen LogP contribution in [0.2, 0.25) is 0 Å². The number of nitrogens with zero attached hydrogens (tertiary/aromatic N) is 1. The highest BCUT2D eigenvalue weighted by Gasteiger charge is 2.30. The summed E-state index contributed by atoms with van der Waals surface area (Å²) < 4.78 is 0.434. The summed E-state index contributed by atoms with van der Waals surface area (Å²) in [4.78, 5) is 4.37. The van der Waals surface area contributed by atoms with Crippen LogP contribution in [0.1, 0.15) is 37.7 Å². The van der Waals surface area contributed by atoms with E-state index in [2.05, 4.69) is 29.5 Å². The van der Waals surface area contributed by atoms with Crippen LogP contribution in [0.5, 0.6) is 0 Å². The predicted octanol–water partition coefficient (Wildman–Crippen LogP) is 3.87. The second kappa shape index (κ2) is 5.76. The summed E-state index contributed by atoms with van der Waals surface area (Å²) in [5.41, 5.74) is 1.27. The standard InChI is InChI=1S/C14H22N2S/c1-12-6-9-15-13(10-12)16-11-14(17-2)7-4-3-5-8-14/h6,9-10H,3-5,7-8,11H2,1-2H3,(H,15,16). The van der Waals surface area contributed by atoms with Gasteiger partial charge in [-0.2, -0.15) is 11.8 Å². The van der Waals surface area contributed by atoms with Crippen molar-refractivity contribution in [3.8, 4) is 0 Å². The fourth-order valence-electron chi connectivity index (χ4n) is 2.53. The maximum absolute atomic E-state index is 4.37. The van der Waals surface area contributed by atoms with Gasteiger partial charge in [-0.25, -0.2) is 4.98 Å². The van der Waals surface area contributed by atoms with Gasteiger partial charge in [-0.1, -0.05) is 19.3 Å². The number of aryl methyl sites for hydroxylation is 1. The van der Waals surface area contributed by atoms with Crippen LogP contribution >= 0.6 is 11.8 Å². The Kier molecular flexibility index (Phi) is 4.32. The lowest BCUT2D eigenvalue weighted by atomic mass is 9.88. The van der Waals surface area contributed by atoms with Crippen LogP contribution in [0.3, 0.4) is 0 Å². The van der Waals surface area contributed by atoms with Crippen molar-refractivity contribution in [3.05, 3.63) is 23.9 Å². The zero-order valence-electron chi connectivity index (χ0n) is 10.8. The second-order valence-corrected chi connectivity index (χ2v) is 6.29. The van der Waals surface area contributed by atoms with Crippen LogP contribution < -0.4 is 5.32 Å². The number of rotatable bonds is 4. The molecule has 0 aliphatic heterocycles. The molecule has 0 aromatic carbocycles. The predicted molar refractivity (Wildman–Crippen MR) is 76.8 cm³/mol. The molecule has 17 heavy (non-hydrogen) atoms. The first-order valence-corrected chi connectivity index (χ1v) is 7.68. The lowest BCUT2D eigenvalue weighted by molar-refractivity contribution is 0.411. The molecule has 1 aliphatic rings. The van der Waals surface area contributed by atoms with E-state index >= 15 is 0 Å². The van der Waals surface area contributed by atoms with Gasteiger partial charge in [-0.05, 0) is 43.7 Å². The Labute approximate surface area is 109 Å². The molecular formula is C14H22N2S. The van der Waals surface area contributed by atoms with Gasteiger partial charge in [0.25, 0.3) is 0 Å². The Bertz CT molecular complexity index is 359. The minimum atomic E-state index is 0.434. The zero-order chi connectivity index (χ0) is 12.1. The number of thioether (sulfide) groups is 1. The quantitative estimate of drug-likeness (QED) is 0.878. The molecule has 0 saturated heterocycles. The molecule has 1 heterocycles. The summed E-state index contributed by atoms with van der Waals surface area (Å²) in [6, 6.07) is 4.16. The number of anilines is 1. The summed E-state index contributed by atoms with van der Waals surface area (Å²) in [5, 5.41) is 3.52. The highest BCUT2D eigenvalue weighted by Crippen LogP contribution is 2.38. The minimum Gasteiger partial charge on any atom is -0.369 e. The van der Waals surface area contributed by atoms with Crippen molar-refractivity contribution in [2.75, 3.05) is 18.1 Å². The van der Waals surface area contributed by atoms with E-state index in [0.29, 0.717) is 4.75 Å². The van der Waals surface area contributed by atoms with Gasteiger partial charge in [0.15, 0.2) is 0 Å². The molecule has 1 aliphatic carbocycles. The molecule has 1 aromatic heterocycles. The number of hydrogen-bond donors (Lipinski definition) is 1. The van der Waals surface area contributed by atoms with Crippen molar-refractivity contribution in [2.24, 2.45) is 0 Å². The molecular weight excluding hydrogens is 228 g/mol. The number of pyridine rings is 1. The molecule has 0 unspecified atom stereocenters. The summed E-state index contributed by atoms with van der Waals surface area (Å²) in [6.07, 6.45) is 11.0. The maximum atomic E-state index is 4.37. The maximum Gasteiger partial charge on any atom is 0.126 e. The van der Waals surface area contributed by atoms with Gasteiger partial charge in [0.1, 0.15) is 5.82 Å². The SMILES string of the molecule is CSC1(CNc2cc(C)ccn2)CCCCC1. The van der Waals surface area contributed by atoms with Gasteiger partial charge < -0.3 is 5.32 Å². The van der Waals surface area contributed by atoms with Crippen LogP contribution in [0, 0.1) is 6.92 Å². The highest BCUT2D eigenvalue weighted by molar-refractivity contribution is 8.00. The fourth-order valence-corrected chi connectivity index (χ4v) is 3.45. The fraction of sp³-hybridized carbons (Fsp3) is 0.643. The first kappa shape index (κ1) is 12.7. The molecule has 0 atom stereocenters. The molecule has 0 spiro atoms. The van der Waals surface area contributed by atoms with Crippen molar-refractivity contribution in [3.63, 3.8) is 0 Å². The average molecular weight is 250 g/mol. The number of aromatic nitrogens is 1. The molecule has 1 aromatic rings. The van der Waals surface area contributed by atoms with Gasteiger partial charge in [-0.15, -0.1) is 0 Å². The third-order valence-corrected chi connectivity index (χ3v) is 5.12. The van der Waals surface area contributed by atoms with Crippen molar-refractivity contribution < 1.29 is 0 Å². The third-order valence-electron chi connectivity index (χ3n) is 3.70. The molecule has 2 rings (SSSR count). The number of hydrogen-bond acceptors (Lipinski definition) is 3. The van der Waals surface area contributed by atoms with Crippen LogP contribution in [-0.4, -0.2) is 22.5 Å². The van der Waals surface area contributed by atoms with E-state index in [1.165, 1.54) is 37.7 Å². The summed E-state index contributed by atoms with van der Waals surface area (Å²) in [6.45, 7) is 3.16. The summed E-state index contributed by atoms with van der Waals surface area (Å²) in [5.74, 6) is 1.02. The van der Waals surface area contributed by atoms with Crippen LogP contribution in [-0.2, 0) is 0 Å². The minimum absolute atomic E-state index is 0.434. The summed E-state index contributed by atoms with van der Waals surface area (Å²) in [7, 11) is 0. The van der Waals surface area contributed by atoms with Crippen LogP contribution in [0.15, 0.2) is 18.3 Å². The molecule has 0 bridgehead atoms. The van der Waals surface area contributed by atoms with E-state index in [9.17, 15) is 0 Å². The van der Waals surface area contributed by atoms with Crippen LogP contribution in [0.25, 0.3) is 0 Å². The monoisotopic (exact) mass is 250 g/mol. The Morgan fingerprint density at radius 1 is 1.35 bits per heavy atom. The Morgan fingerprint density at radius 3 is 2.76 bits per heavy atom. The van der Waals surface area contributed by atoms with Gasteiger partial charge in [-0.3, -0.25) is 0 Å². The Hall–Kier alpha value is -0.700. The molecule has 2 nitrogen and oxygen atoms in total. The van der Waals surface area contributed by atoms with Crippen LogP contribution in [0.4, 0.5) is 5.82 Å². The van der Waals surface area contributed by atoms with E-state index in [4.69, 9.17) is 0 Å². The topological polar surface area (TPSA) is 24.9 Å². The lowest BCUT2D eigenvalue weighted by Gasteiger charge is -2.36. The number of nitrogens with one attached hydrogen (secondary N) is 1. The summed E-state index contributed by atoms with van der Waals surface area (Å²) >= 11 is 2.03. The van der Waals surface area contributed by atoms with E-state index in [1.807, 2.05) is 24.0 Å². The van der Waals surface area contributed by atoms with Crippen molar-refractivity contribution in [1.82, 2.24) is 4.98 Å². The molecule has 0 amide bonds. The Balaban J connectivity index is 1.95. The van der Waals surface area contributed by atoms with Gasteiger partial charge >= 0.3 is 0 Å². The average Bonchev–Trinajstić information content (AvgIpc) is 2.38. The van der Waals surface area contributed by atoms with Gasteiger partial charge in [0.05, 0.1) is 0 Å². The smallest absolute Gasteiger partial charge is 0.126 e. The van der Waals surface area contributed by atoms with E-state index in [0.717, 1.165) is 12.4 Å². The highest BCUT2D eigenvalue weighted by atomic mass is 32.2. The van der Waals surface area contributed by atoms with Crippen molar-refractivity contribution >= 4 is 17.6 Å². The molecule has 94 valence electrons. The molecule has 0 radical (unpaired) electrons.